The van der Waals surface area contributed by atoms with Gasteiger partial charge in [0, 0.05) is 12.5 Å². The maximum absolute atomic E-state index is 6.23. The van der Waals surface area contributed by atoms with E-state index in [0.717, 1.165) is 12.1 Å². The minimum absolute atomic E-state index is 0.365. The van der Waals surface area contributed by atoms with Crippen LogP contribution in [-0.4, -0.2) is 16.4 Å². The molecule has 0 N–H and O–H groups in total. The molecule has 0 radical (unpaired) electrons. The molecule has 2 aromatic carbocycles. The van der Waals surface area contributed by atoms with E-state index in [4.69, 9.17) is 4.43 Å². The van der Waals surface area contributed by atoms with Gasteiger partial charge in [0.2, 0.25) is 0 Å². The van der Waals surface area contributed by atoms with Gasteiger partial charge in [-0.3, -0.25) is 0 Å². The molecule has 2 aromatic rings. The zero-order valence-corrected chi connectivity index (χ0v) is 14.0. The van der Waals surface area contributed by atoms with E-state index in [9.17, 15) is 0 Å². The summed E-state index contributed by atoms with van der Waals surface area (Å²) < 4.78 is 6.23. The fourth-order valence-electron chi connectivity index (χ4n) is 3.29. The number of hydrogen-bond donors (Lipinski definition) is 0. The summed E-state index contributed by atoms with van der Waals surface area (Å²) in [4.78, 5) is 0. The van der Waals surface area contributed by atoms with Gasteiger partial charge in [0.25, 0.3) is 0 Å². The van der Waals surface area contributed by atoms with Gasteiger partial charge in [-0.05, 0) is 16.7 Å². The van der Waals surface area contributed by atoms with Crippen LogP contribution in [0.15, 0.2) is 60.7 Å². The second kappa shape index (κ2) is 7.58. The largest absolute Gasteiger partial charge is 0.423 e. The fraction of sp³-hybridized carbons (Fsp3) is 0.368. The van der Waals surface area contributed by atoms with Gasteiger partial charge < -0.3 is 4.43 Å². The maximum Gasteiger partial charge on any atom is 0.164 e. The molecule has 1 fully saturated rings. The highest BCUT2D eigenvalue weighted by Crippen LogP contribution is 2.30. The van der Waals surface area contributed by atoms with Gasteiger partial charge >= 0.3 is 0 Å². The van der Waals surface area contributed by atoms with Crippen molar-refractivity contribution in [2.75, 3.05) is 6.61 Å². The lowest BCUT2D eigenvalue weighted by molar-refractivity contribution is 0.313. The molecule has 3 rings (SSSR count). The van der Waals surface area contributed by atoms with Crippen LogP contribution in [0, 0.1) is 0 Å². The molecule has 0 aromatic heterocycles. The smallest absolute Gasteiger partial charge is 0.164 e. The summed E-state index contributed by atoms with van der Waals surface area (Å²) in [6.45, 7) is 0.844. The van der Waals surface area contributed by atoms with E-state index in [-0.39, 0.29) is 9.76 Å². The predicted octanol–water partition coefficient (Wildman–Crippen LogP) is 4.28. The maximum atomic E-state index is 6.23. The van der Waals surface area contributed by atoms with Crippen LogP contribution in [0.3, 0.4) is 0 Å². The first-order chi connectivity index (χ1) is 10.4. The van der Waals surface area contributed by atoms with Gasteiger partial charge in [0.1, 0.15) is 0 Å². The predicted molar refractivity (Wildman–Crippen MR) is 91.4 cm³/mol. The molecular weight excluding hydrogens is 272 g/mol. The quantitative estimate of drug-likeness (QED) is 0.723. The van der Waals surface area contributed by atoms with Crippen LogP contribution in [0.25, 0.3) is 0 Å². The molecular formula is C19H24OSi. The van der Waals surface area contributed by atoms with Crippen LogP contribution in [0.5, 0.6) is 0 Å². The van der Waals surface area contributed by atoms with E-state index in [1.807, 2.05) is 0 Å². The molecule has 0 unspecified atom stereocenters. The van der Waals surface area contributed by atoms with Gasteiger partial charge in [-0.15, -0.1) is 0 Å². The highest BCUT2D eigenvalue weighted by atomic mass is 28.2. The van der Waals surface area contributed by atoms with Crippen molar-refractivity contribution in [3.05, 3.63) is 71.8 Å². The third kappa shape index (κ3) is 4.05. The fourth-order valence-corrected chi connectivity index (χ4v) is 4.90. The molecule has 1 aliphatic carbocycles. The third-order valence-electron chi connectivity index (χ3n) is 4.52. The van der Waals surface area contributed by atoms with Gasteiger partial charge in [-0.25, -0.2) is 0 Å². The summed E-state index contributed by atoms with van der Waals surface area (Å²) in [5, 5.41) is 0. The van der Waals surface area contributed by atoms with Gasteiger partial charge in [-0.1, -0.05) is 86.3 Å². The number of hydrogen-bond acceptors (Lipinski definition) is 1. The second-order valence-electron chi connectivity index (χ2n) is 6.06. The Hall–Kier alpha value is -1.38. The van der Waals surface area contributed by atoms with E-state index in [0.29, 0.717) is 5.92 Å². The number of rotatable bonds is 6. The molecule has 110 valence electrons. The molecule has 0 bridgehead atoms. The normalized spacial score (nSPS) is 16.2. The molecule has 0 saturated heterocycles. The number of benzene rings is 2. The van der Waals surface area contributed by atoms with E-state index in [2.05, 4.69) is 60.7 Å². The first-order valence-corrected chi connectivity index (χ1v) is 9.50. The Balaban J connectivity index is 1.67. The van der Waals surface area contributed by atoms with Crippen molar-refractivity contribution in [2.45, 2.75) is 37.1 Å². The van der Waals surface area contributed by atoms with E-state index in [1.165, 1.54) is 36.8 Å². The van der Waals surface area contributed by atoms with Crippen LogP contribution in [0.4, 0.5) is 0 Å². The van der Waals surface area contributed by atoms with Crippen molar-refractivity contribution in [1.82, 2.24) is 0 Å². The van der Waals surface area contributed by atoms with Crippen LogP contribution in [0.2, 0.25) is 5.54 Å². The van der Waals surface area contributed by atoms with Crippen LogP contribution in [0.1, 0.15) is 42.7 Å². The van der Waals surface area contributed by atoms with Crippen molar-refractivity contribution in [3.8, 4) is 0 Å². The van der Waals surface area contributed by atoms with Gasteiger partial charge in [0.15, 0.2) is 9.76 Å². The van der Waals surface area contributed by atoms with Crippen molar-refractivity contribution in [1.29, 1.82) is 0 Å². The Morgan fingerprint density at radius 3 is 1.90 bits per heavy atom. The molecule has 21 heavy (non-hydrogen) atoms. The summed E-state index contributed by atoms with van der Waals surface area (Å²) in [6, 6.07) is 21.5. The van der Waals surface area contributed by atoms with E-state index < -0.39 is 0 Å². The lowest BCUT2D eigenvalue weighted by Gasteiger charge is -2.19. The summed E-state index contributed by atoms with van der Waals surface area (Å²) in [5.41, 5.74) is 3.66. The Morgan fingerprint density at radius 1 is 0.857 bits per heavy atom. The third-order valence-corrected chi connectivity index (χ3v) is 6.28. The summed E-state index contributed by atoms with van der Waals surface area (Å²) in [5.74, 6) is 0.376. The molecule has 0 aliphatic heterocycles. The van der Waals surface area contributed by atoms with E-state index in [1.54, 1.807) is 0 Å². The van der Waals surface area contributed by atoms with Gasteiger partial charge in [-0.2, -0.15) is 0 Å². The Labute approximate surface area is 130 Å². The van der Waals surface area contributed by atoms with Crippen molar-refractivity contribution < 1.29 is 4.43 Å². The Bertz CT molecular complexity index is 480. The second-order valence-corrected chi connectivity index (χ2v) is 7.96. The summed E-state index contributed by atoms with van der Waals surface area (Å²) >= 11 is 0. The highest BCUT2D eigenvalue weighted by molar-refractivity contribution is 6.29. The highest BCUT2D eigenvalue weighted by Gasteiger charge is 2.18. The molecule has 1 nitrogen and oxygen atoms in total. The van der Waals surface area contributed by atoms with Crippen molar-refractivity contribution >= 4 is 9.76 Å². The van der Waals surface area contributed by atoms with Crippen molar-refractivity contribution in [2.24, 2.45) is 0 Å². The molecule has 0 heterocycles. The average Bonchev–Trinajstić information content (AvgIpc) is 3.07. The average molecular weight is 296 g/mol. The standard InChI is InChI=1S/C19H24OSi/c1-3-9-16(10-4-1)19(17-11-5-2-6-12-17)15-20-21-18-13-7-8-14-18/h1-6,9-12,18-19H,7-8,13-15,21H2. The first-order valence-electron chi connectivity index (χ1n) is 8.11. The van der Waals surface area contributed by atoms with Crippen LogP contribution >= 0.6 is 0 Å². The molecule has 0 amide bonds. The van der Waals surface area contributed by atoms with E-state index >= 15 is 0 Å². The molecule has 0 atom stereocenters. The zero-order chi connectivity index (χ0) is 14.3. The Kier molecular flexibility index (Phi) is 5.25. The molecule has 2 heteroatoms. The lowest BCUT2D eigenvalue weighted by Crippen LogP contribution is -2.14. The lowest BCUT2D eigenvalue weighted by atomic mass is 9.92. The van der Waals surface area contributed by atoms with Crippen LogP contribution < -0.4 is 0 Å². The summed E-state index contributed by atoms with van der Waals surface area (Å²) in [7, 11) is -0.365. The van der Waals surface area contributed by atoms with Gasteiger partial charge in [0.05, 0.1) is 0 Å². The Morgan fingerprint density at radius 2 is 1.38 bits per heavy atom. The minimum Gasteiger partial charge on any atom is -0.423 e. The van der Waals surface area contributed by atoms with Crippen molar-refractivity contribution in [3.63, 3.8) is 0 Å². The topological polar surface area (TPSA) is 9.23 Å². The monoisotopic (exact) mass is 296 g/mol. The first kappa shape index (κ1) is 14.5. The molecule has 0 spiro atoms. The SMILES string of the molecule is c1ccc(C(CO[SiH2]C2CCCC2)c2ccccc2)cc1. The zero-order valence-electron chi connectivity index (χ0n) is 12.6. The minimum atomic E-state index is -0.365. The van der Waals surface area contributed by atoms with Crippen LogP contribution in [-0.2, 0) is 4.43 Å². The molecule has 1 aliphatic rings. The summed E-state index contributed by atoms with van der Waals surface area (Å²) in [6.07, 6.45) is 5.66. The molecule has 1 saturated carbocycles.